The fourth-order valence-corrected chi connectivity index (χ4v) is 2.54. The Kier molecular flexibility index (Phi) is 4.14. The van der Waals surface area contributed by atoms with Crippen molar-refractivity contribution in [2.24, 2.45) is 5.92 Å². The fourth-order valence-electron chi connectivity index (χ4n) is 1.82. The molecule has 0 aliphatic carbocycles. The van der Waals surface area contributed by atoms with Gasteiger partial charge in [-0.3, -0.25) is 4.79 Å². The molecule has 18 heavy (non-hydrogen) atoms. The van der Waals surface area contributed by atoms with Crippen molar-refractivity contribution in [1.82, 2.24) is 15.3 Å². The molecule has 98 valence electrons. The van der Waals surface area contributed by atoms with Crippen LogP contribution in [0.1, 0.15) is 33.0 Å². The van der Waals surface area contributed by atoms with E-state index in [0.717, 1.165) is 11.9 Å². The van der Waals surface area contributed by atoms with Crippen LogP contribution in [0, 0.1) is 5.92 Å². The van der Waals surface area contributed by atoms with Gasteiger partial charge in [0.1, 0.15) is 10.5 Å². The molecular formula is C13H19N3OS. The minimum absolute atomic E-state index is 0.0389. The normalized spacial score (nSPS) is 14.8. The molecule has 5 heteroatoms. The maximum absolute atomic E-state index is 11.8. The van der Waals surface area contributed by atoms with Crippen LogP contribution in [-0.4, -0.2) is 16.0 Å². The summed E-state index contributed by atoms with van der Waals surface area (Å²) >= 11 is 1.43. The Bertz CT molecular complexity index is 575. The highest BCUT2D eigenvalue weighted by molar-refractivity contribution is 7.17. The molecular weight excluding hydrogens is 246 g/mol. The highest BCUT2D eigenvalue weighted by Crippen LogP contribution is 2.13. The van der Waals surface area contributed by atoms with Gasteiger partial charge in [0, 0.05) is 6.04 Å². The minimum Gasteiger partial charge on any atom is -0.308 e. The van der Waals surface area contributed by atoms with E-state index < -0.39 is 0 Å². The quantitative estimate of drug-likeness (QED) is 0.873. The monoisotopic (exact) mass is 265 g/mol. The lowest BCUT2D eigenvalue weighted by atomic mass is 10.0. The van der Waals surface area contributed by atoms with E-state index in [1.165, 1.54) is 11.3 Å². The van der Waals surface area contributed by atoms with Gasteiger partial charge in [0.05, 0.1) is 12.1 Å². The van der Waals surface area contributed by atoms with Crippen LogP contribution >= 0.6 is 11.3 Å². The fraction of sp³-hybridized carbons (Fsp3) is 0.538. The van der Waals surface area contributed by atoms with Crippen molar-refractivity contribution >= 4 is 21.6 Å². The van der Waals surface area contributed by atoms with Crippen LogP contribution in [0.25, 0.3) is 10.2 Å². The molecule has 0 fully saturated rings. The molecule has 0 aliphatic heterocycles. The standard InChI is InChI=1S/C13H19N3OS/c1-4-8(2)9(3)14-7-11-15-10-5-6-18-12(10)13(17)16-11/h5-6,8-9,14H,4,7H2,1-3H3,(H,15,16,17). The lowest BCUT2D eigenvalue weighted by molar-refractivity contribution is 0.386. The van der Waals surface area contributed by atoms with E-state index >= 15 is 0 Å². The SMILES string of the molecule is CCC(C)C(C)NCc1nc2ccsc2c(=O)[nH]1. The van der Waals surface area contributed by atoms with Gasteiger partial charge in [0.15, 0.2) is 0 Å². The number of rotatable bonds is 5. The van der Waals surface area contributed by atoms with Gasteiger partial charge in [-0.2, -0.15) is 0 Å². The summed E-state index contributed by atoms with van der Waals surface area (Å²) < 4.78 is 0.703. The molecule has 0 saturated heterocycles. The zero-order valence-corrected chi connectivity index (χ0v) is 11.8. The van der Waals surface area contributed by atoms with Crippen molar-refractivity contribution in [2.75, 3.05) is 0 Å². The summed E-state index contributed by atoms with van der Waals surface area (Å²) in [5, 5.41) is 5.30. The third kappa shape index (κ3) is 2.79. The highest BCUT2D eigenvalue weighted by atomic mass is 32.1. The van der Waals surface area contributed by atoms with Crippen LogP contribution in [0.5, 0.6) is 0 Å². The molecule has 2 aromatic heterocycles. The lowest BCUT2D eigenvalue weighted by Gasteiger charge is -2.19. The number of fused-ring (bicyclic) bond motifs is 1. The molecule has 0 amide bonds. The number of hydrogen-bond acceptors (Lipinski definition) is 4. The Hall–Kier alpha value is -1.20. The highest BCUT2D eigenvalue weighted by Gasteiger charge is 2.10. The van der Waals surface area contributed by atoms with E-state index in [1.54, 1.807) is 0 Å². The average molecular weight is 265 g/mol. The van der Waals surface area contributed by atoms with Crippen LogP contribution in [0.4, 0.5) is 0 Å². The smallest absolute Gasteiger partial charge is 0.268 e. The molecule has 2 unspecified atom stereocenters. The van der Waals surface area contributed by atoms with Crippen LogP contribution in [0.2, 0.25) is 0 Å². The van der Waals surface area contributed by atoms with Crippen LogP contribution in [-0.2, 0) is 6.54 Å². The zero-order chi connectivity index (χ0) is 13.1. The summed E-state index contributed by atoms with van der Waals surface area (Å²) in [7, 11) is 0. The average Bonchev–Trinajstić information content (AvgIpc) is 2.83. The van der Waals surface area contributed by atoms with Crippen LogP contribution in [0.3, 0.4) is 0 Å². The molecule has 0 spiro atoms. The zero-order valence-electron chi connectivity index (χ0n) is 11.0. The topological polar surface area (TPSA) is 57.8 Å². The van der Waals surface area contributed by atoms with Gasteiger partial charge in [0.25, 0.3) is 5.56 Å². The first kappa shape index (κ1) is 13.2. The Morgan fingerprint density at radius 2 is 2.28 bits per heavy atom. The van der Waals surface area contributed by atoms with E-state index in [9.17, 15) is 4.79 Å². The predicted octanol–water partition coefficient (Wildman–Crippen LogP) is 2.51. The van der Waals surface area contributed by atoms with Crippen molar-refractivity contribution in [3.8, 4) is 0 Å². The van der Waals surface area contributed by atoms with Crippen LogP contribution < -0.4 is 10.9 Å². The third-order valence-electron chi connectivity index (χ3n) is 3.45. The largest absolute Gasteiger partial charge is 0.308 e. The molecule has 0 aliphatic rings. The van der Waals surface area contributed by atoms with Crippen molar-refractivity contribution in [3.05, 3.63) is 27.6 Å². The summed E-state index contributed by atoms with van der Waals surface area (Å²) in [6.07, 6.45) is 1.14. The molecule has 0 radical (unpaired) electrons. The van der Waals surface area contributed by atoms with Crippen molar-refractivity contribution in [1.29, 1.82) is 0 Å². The minimum atomic E-state index is -0.0389. The number of thiophene rings is 1. The molecule has 2 rings (SSSR count). The van der Waals surface area contributed by atoms with Gasteiger partial charge in [-0.25, -0.2) is 4.98 Å². The molecule has 2 aromatic rings. The molecule has 4 nitrogen and oxygen atoms in total. The van der Waals surface area contributed by atoms with Crippen LogP contribution in [0.15, 0.2) is 16.2 Å². The van der Waals surface area contributed by atoms with Gasteiger partial charge in [-0.1, -0.05) is 20.3 Å². The Balaban J connectivity index is 2.10. The first-order chi connectivity index (χ1) is 8.61. The van der Waals surface area contributed by atoms with Gasteiger partial charge < -0.3 is 10.3 Å². The molecule has 0 aromatic carbocycles. The maximum atomic E-state index is 11.8. The first-order valence-electron chi connectivity index (χ1n) is 6.31. The molecule has 0 bridgehead atoms. The second kappa shape index (κ2) is 5.63. The molecule has 0 saturated carbocycles. The van der Waals surface area contributed by atoms with Gasteiger partial charge in [-0.15, -0.1) is 11.3 Å². The second-order valence-electron chi connectivity index (χ2n) is 4.70. The van der Waals surface area contributed by atoms with E-state index in [-0.39, 0.29) is 5.56 Å². The van der Waals surface area contributed by atoms with Crippen molar-refractivity contribution < 1.29 is 0 Å². The number of H-pyrrole nitrogens is 1. The molecule has 2 N–H and O–H groups in total. The van der Waals surface area contributed by atoms with Gasteiger partial charge in [0.2, 0.25) is 0 Å². The number of hydrogen-bond donors (Lipinski definition) is 2. The number of aromatic nitrogens is 2. The summed E-state index contributed by atoms with van der Waals surface area (Å²) in [4.78, 5) is 19.1. The lowest BCUT2D eigenvalue weighted by Crippen LogP contribution is -2.32. The summed E-state index contributed by atoms with van der Waals surface area (Å²) in [6, 6.07) is 2.30. The summed E-state index contributed by atoms with van der Waals surface area (Å²) in [6.45, 7) is 7.16. The maximum Gasteiger partial charge on any atom is 0.268 e. The second-order valence-corrected chi connectivity index (χ2v) is 5.62. The van der Waals surface area contributed by atoms with Gasteiger partial charge >= 0.3 is 0 Å². The van der Waals surface area contributed by atoms with Crippen molar-refractivity contribution in [3.63, 3.8) is 0 Å². The predicted molar refractivity (Wildman–Crippen MR) is 76.0 cm³/mol. The molecule has 2 heterocycles. The number of aromatic amines is 1. The van der Waals surface area contributed by atoms with E-state index in [4.69, 9.17) is 0 Å². The molecule has 2 atom stereocenters. The first-order valence-corrected chi connectivity index (χ1v) is 7.19. The third-order valence-corrected chi connectivity index (χ3v) is 4.36. The number of nitrogens with zero attached hydrogens (tertiary/aromatic N) is 1. The summed E-state index contributed by atoms with van der Waals surface area (Å²) in [5.41, 5.74) is 0.750. The number of nitrogens with one attached hydrogen (secondary N) is 2. The Labute approximate surface area is 110 Å². The van der Waals surface area contributed by atoms with E-state index in [2.05, 4.69) is 36.1 Å². The van der Waals surface area contributed by atoms with E-state index in [0.29, 0.717) is 29.0 Å². The Morgan fingerprint density at radius 1 is 1.50 bits per heavy atom. The summed E-state index contributed by atoms with van der Waals surface area (Å²) in [5.74, 6) is 1.32. The van der Waals surface area contributed by atoms with Gasteiger partial charge in [-0.05, 0) is 24.3 Å². The van der Waals surface area contributed by atoms with Crippen molar-refractivity contribution in [2.45, 2.75) is 39.8 Å². The van der Waals surface area contributed by atoms with E-state index in [1.807, 2.05) is 11.4 Å². The Morgan fingerprint density at radius 3 is 3.00 bits per heavy atom.